The van der Waals surface area contributed by atoms with E-state index < -0.39 is 0 Å². The molecule has 98 valence electrons. The summed E-state index contributed by atoms with van der Waals surface area (Å²) in [6.07, 6.45) is 0.121. The highest BCUT2D eigenvalue weighted by atomic mass is 16.5. The lowest BCUT2D eigenvalue weighted by molar-refractivity contribution is -0.156. The predicted octanol–water partition coefficient (Wildman–Crippen LogP) is 0.000700. The van der Waals surface area contributed by atoms with Gasteiger partial charge in [-0.1, -0.05) is 0 Å². The summed E-state index contributed by atoms with van der Waals surface area (Å²) in [5.41, 5.74) is -0.156. The fourth-order valence-electron chi connectivity index (χ4n) is 2.15. The third-order valence-electron chi connectivity index (χ3n) is 3.47. The van der Waals surface area contributed by atoms with Gasteiger partial charge in [0, 0.05) is 19.6 Å². The molecule has 0 aliphatic carbocycles. The fourth-order valence-corrected chi connectivity index (χ4v) is 2.15. The van der Waals surface area contributed by atoms with E-state index in [1.54, 1.807) is 0 Å². The summed E-state index contributed by atoms with van der Waals surface area (Å²) in [5, 5.41) is 3.15. The number of nitrogens with zero attached hydrogens (tertiary/aromatic N) is 1. The molecule has 2 aliphatic rings. The molecule has 1 N–H and O–H groups in total. The quantitative estimate of drug-likeness (QED) is 0.757. The Morgan fingerprint density at radius 2 is 2.24 bits per heavy atom. The van der Waals surface area contributed by atoms with Gasteiger partial charge in [-0.3, -0.25) is 4.79 Å². The second-order valence-electron chi connectivity index (χ2n) is 5.38. The van der Waals surface area contributed by atoms with Gasteiger partial charge < -0.3 is 19.7 Å². The summed E-state index contributed by atoms with van der Waals surface area (Å²) >= 11 is 0. The summed E-state index contributed by atoms with van der Waals surface area (Å²) in [4.78, 5) is 13.9. The molecule has 5 heteroatoms. The van der Waals surface area contributed by atoms with Gasteiger partial charge >= 0.3 is 0 Å². The van der Waals surface area contributed by atoms with E-state index in [0.29, 0.717) is 13.2 Å². The Bertz CT molecular complexity index is 291. The first-order valence-electron chi connectivity index (χ1n) is 6.26. The molecule has 2 rings (SSSR count). The highest BCUT2D eigenvalue weighted by Crippen LogP contribution is 2.17. The molecule has 0 radical (unpaired) electrons. The van der Waals surface area contributed by atoms with Crippen molar-refractivity contribution in [2.75, 3.05) is 32.8 Å². The maximum absolute atomic E-state index is 12.1. The number of carbonyl (C=O) groups is 1. The van der Waals surface area contributed by atoms with Crippen molar-refractivity contribution in [2.24, 2.45) is 0 Å². The molecule has 2 heterocycles. The summed E-state index contributed by atoms with van der Waals surface area (Å²) < 4.78 is 11.2. The molecule has 0 aromatic rings. The van der Waals surface area contributed by atoms with Crippen molar-refractivity contribution in [3.05, 3.63) is 0 Å². The van der Waals surface area contributed by atoms with Gasteiger partial charge in [0.1, 0.15) is 6.61 Å². The summed E-state index contributed by atoms with van der Waals surface area (Å²) in [7, 11) is 0. The zero-order valence-corrected chi connectivity index (χ0v) is 10.9. The van der Waals surface area contributed by atoms with Gasteiger partial charge in [-0.25, -0.2) is 0 Å². The number of hydrogen-bond acceptors (Lipinski definition) is 4. The van der Waals surface area contributed by atoms with Crippen LogP contribution in [-0.2, 0) is 14.3 Å². The zero-order chi connectivity index (χ0) is 12.5. The van der Waals surface area contributed by atoms with Crippen LogP contribution in [0.1, 0.15) is 20.8 Å². The molecular weight excluding hydrogens is 220 g/mol. The molecule has 0 spiro atoms. The highest BCUT2D eigenvalue weighted by Gasteiger charge is 2.34. The first kappa shape index (κ1) is 12.8. The molecular formula is C12H22N2O3. The molecule has 2 fully saturated rings. The van der Waals surface area contributed by atoms with Gasteiger partial charge in [-0.15, -0.1) is 0 Å². The van der Waals surface area contributed by atoms with Crippen molar-refractivity contribution in [1.82, 2.24) is 10.2 Å². The topological polar surface area (TPSA) is 50.8 Å². The Morgan fingerprint density at radius 3 is 2.82 bits per heavy atom. The van der Waals surface area contributed by atoms with Crippen LogP contribution in [0.3, 0.4) is 0 Å². The van der Waals surface area contributed by atoms with Crippen molar-refractivity contribution in [3.8, 4) is 0 Å². The van der Waals surface area contributed by atoms with Crippen molar-refractivity contribution in [3.63, 3.8) is 0 Å². The van der Waals surface area contributed by atoms with E-state index >= 15 is 0 Å². The average molecular weight is 242 g/mol. The molecule has 5 nitrogen and oxygen atoms in total. The largest absolute Gasteiger partial charge is 0.375 e. The number of amides is 1. The predicted molar refractivity (Wildman–Crippen MR) is 63.8 cm³/mol. The summed E-state index contributed by atoms with van der Waals surface area (Å²) in [6, 6.07) is 0.148. The van der Waals surface area contributed by atoms with E-state index in [1.807, 2.05) is 25.7 Å². The highest BCUT2D eigenvalue weighted by molar-refractivity contribution is 5.78. The van der Waals surface area contributed by atoms with E-state index in [-0.39, 0.29) is 30.3 Å². The fraction of sp³-hybridized carbons (Fsp3) is 0.917. The molecule has 2 unspecified atom stereocenters. The Labute approximate surface area is 102 Å². The molecule has 0 aromatic heterocycles. The maximum atomic E-state index is 12.1. The molecule has 0 saturated carbocycles. The van der Waals surface area contributed by atoms with Crippen LogP contribution >= 0.6 is 0 Å². The first-order valence-corrected chi connectivity index (χ1v) is 6.26. The number of ether oxygens (including phenoxy) is 2. The van der Waals surface area contributed by atoms with Crippen molar-refractivity contribution in [2.45, 2.75) is 38.5 Å². The Kier molecular flexibility index (Phi) is 3.70. The minimum Gasteiger partial charge on any atom is -0.375 e. The monoisotopic (exact) mass is 242 g/mol. The third kappa shape index (κ3) is 2.97. The standard InChI is InChI=1S/C12H22N2O3/c1-9-5-16-10(2)4-14(9)11(15)6-17-12(3)7-13-8-12/h9-10,13H,4-8H2,1-3H3. The Hall–Kier alpha value is -0.650. The molecule has 17 heavy (non-hydrogen) atoms. The molecule has 1 amide bonds. The van der Waals surface area contributed by atoms with Crippen LogP contribution < -0.4 is 5.32 Å². The summed E-state index contributed by atoms with van der Waals surface area (Å²) in [5.74, 6) is 0.0702. The van der Waals surface area contributed by atoms with Crippen LogP contribution in [0, 0.1) is 0 Å². The number of nitrogens with one attached hydrogen (secondary N) is 1. The lowest BCUT2D eigenvalue weighted by Gasteiger charge is -2.41. The maximum Gasteiger partial charge on any atom is 0.249 e. The van der Waals surface area contributed by atoms with E-state index in [1.165, 1.54) is 0 Å². The van der Waals surface area contributed by atoms with Gasteiger partial charge in [0.05, 0.1) is 24.4 Å². The number of hydrogen-bond donors (Lipinski definition) is 1. The van der Waals surface area contributed by atoms with Crippen LogP contribution in [0.25, 0.3) is 0 Å². The number of carbonyl (C=O) groups excluding carboxylic acids is 1. The average Bonchev–Trinajstić information content (AvgIpc) is 2.26. The van der Waals surface area contributed by atoms with Gasteiger partial charge in [-0.05, 0) is 20.8 Å². The second-order valence-corrected chi connectivity index (χ2v) is 5.38. The SMILES string of the molecule is CC1CN(C(=O)COC2(C)CNC2)C(C)CO1. The normalized spacial score (nSPS) is 32.1. The smallest absolute Gasteiger partial charge is 0.249 e. The van der Waals surface area contributed by atoms with E-state index in [9.17, 15) is 4.79 Å². The van der Waals surface area contributed by atoms with Crippen LogP contribution in [0.5, 0.6) is 0 Å². The molecule has 2 atom stereocenters. The number of rotatable bonds is 3. The van der Waals surface area contributed by atoms with Crippen molar-refractivity contribution in [1.29, 1.82) is 0 Å². The van der Waals surface area contributed by atoms with E-state index in [2.05, 4.69) is 5.32 Å². The summed E-state index contributed by atoms with van der Waals surface area (Å²) in [6.45, 7) is 9.15. The molecule has 0 aromatic carbocycles. The minimum absolute atomic E-state index is 0.0702. The van der Waals surface area contributed by atoms with E-state index in [4.69, 9.17) is 9.47 Å². The Morgan fingerprint density at radius 1 is 1.53 bits per heavy atom. The van der Waals surface area contributed by atoms with Gasteiger partial charge in [0.25, 0.3) is 0 Å². The lowest BCUT2D eigenvalue weighted by atomic mass is 10.0. The molecule has 2 saturated heterocycles. The molecule has 0 bridgehead atoms. The van der Waals surface area contributed by atoms with Gasteiger partial charge in [0.15, 0.2) is 0 Å². The third-order valence-corrected chi connectivity index (χ3v) is 3.47. The molecule has 2 aliphatic heterocycles. The minimum atomic E-state index is -0.156. The Balaban J connectivity index is 1.81. The van der Waals surface area contributed by atoms with Gasteiger partial charge in [-0.2, -0.15) is 0 Å². The zero-order valence-electron chi connectivity index (χ0n) is 10.9. The van der Waals surface area contributed by atoms with Crippen molar-refractivity contribution < 1.29 is 14.3 Å². The second kappa shape index (κ2) is 4.92. The van der Waals surface area contributed by atoms with Crippen LogP contribution in [0.4, 0.5) is 0 Å². The van der Waals surface area contributed by atoms with Gasteiger partial charge in [0.2, 0.25) is 5.91 Å². The van der Waals surface area contributed by atoms with E-state index in [0.717, 1.165) is 13.1 Å². The van der Waals surface area contributed by atoms with Crippen LogP contribution in [0.2, 0.25) is 0 Å². The number of morpholine rings is 1. The lowest BCUT2D eigenvalue weighted by Crippen LogP contribution is -2.60. The first-order chi connectivity index (χ1) is 8.00. The van der Waals surface area contributed by atoms with Crippen LogP contribution in [-0.4, -0.2) is 61.4 Å². The van der Waals surface area contributed by atoms with Crippen molar-refractivity contribution >= 4 is 5.91 Å². The van der Waals surface area contributed by atoms with Crippen LogP contribution in [0.15, 0.2) is 0 Å².